The molecule has 2 rings (SSSR count). The predicted molar refractivity (Wildman–Crippen MR) is 53.5 cm³/mol. The normalized spacial score (nSPS) is 9.46. The zero-order chi connectivity index (χ0) is 9.84. The molecule has 0 aromatic carbocycles. The molecule has 0 amide bonds. The van der Waals surface area contributed by atoms with Crippen LogP contribution in [0.15, 0.2) is 18.5 Å². The van der Waals surface area contributed by atoms with Gasteiger partial charge in [-0.3, -0.25) is 0 Å². The Kier molecular flexibility index (Phi) is 2.84. The third kappa shape index (κ3) is 1.61. The summed E-state index contributed by atoms with van der Waals surface area (Å²) in [6.45, 7) is 5.94. The lowest BCUT2D eigenvalue weighted by atomic mass is 10.5. The van der Waals surface area contributed by atoms with Gasteiger partial charge in [0.05, 0.1) is 23.8 Å². The van der Waals surface area contributed by atoms with Crippen molar-refractivity contribution in [3.05, 3.63) is 24.2 Å². The van der Waals surface area contributed by atoms with Gasteiger partial charge in [-0.1, -0.05) is 13.8 Å². The molecule has 0 aliphatic heterocycles. The van der Waals surface area contributed by atoms with Gasteiger partial charge in [0, 0.05) is 0 Å². The van der Waals surface area contributed by atoms with Crippen molar-refractivity contribution in [2.24, 2.45) is 0 Å². The number of rotatable bonds is 0. The Morgan fingerprint density at radius 3 is 2.69 bits per heavy atom. The van der Waals surface area contributed by atoms with Crippen LogP contribution < -0.4 is 5.73 Å². The third-order valence-electron chi connectivity index (χ3n) is 1.60. The molecule has 0 unspecified atom stereocenters. The first-order valence-corrected chi connectivity index (χ1v) is 4.34. The molecule has 70 valence electrons. The van der Waals surface area contributed by atoms with E-state index in [1.165, 1.54) is 0 Å². The number of fused-ring (bicyclic) bond motifs is 1. The minimum atomic E-state index is 0.660. The molecule has 2 N–H and O–H groups in total. The van der Waals surface area contributed by atoms with Crippen molar-refractivity contribution in [1.29, 1.82) is 0 Å². The number of aryl methyl sites for hydroxylation is 1. The fraction of sp³-hybridized carbons (Fsp3) is 0.333. The smallest absolute Gasteiger partial charge is 0.176 e. The average Bonchev–Trinajstić information content (AvgIpc) is 2.53. The summed E-state index contributed by atoms with van der Waals surface area (Å²) in [4.78, 5) is 4.09. The number of aromatic nitrogens is 3. The molecular weight excluding hydrogens is 164 g/mol. The standard InChI is InChI=1S/C7H8N4.C2H6/c1-5-4-9-7-6(8)2-3-10-11(5)7;1-2/h2-4H,8H2,1H3;1-2H3. The molecule has 0 saturated carbocycles. The van der Waals surface area contributed by atoms with Crippen LogP contribution in [0.4, 0.5) is 5.69 Å². The molecule has 0 spiro atoms. The lowest BCUT2D eigenvalue weighted by Gasteiger charge is -1.95. The quantitative estimate of drug-likeness (QED) is 0.667. The van der Waals surface area contributed by atoms with Gasteiger partial charge < -0.3 is 5.73 Å². The highest BCUT2D eigenvalue weighted by Gasteiger charge is 2.00. The summed E-state index contributed by atoms with van der Waals surface area (Å²) in [5.41, 5.74) is 8.03. The van der Waals surface area contributed by atoms with E-state index < -0.39 is 0 Å². The van der Waals surface area contributed by atoms with Gasteiger partial charge in [0.2, 0.25) is 0 Å². The first kappa shape index (κ1) is 9.51. The fourth-order valence-electron chi connectivity index (χ4n) is 1.03. The number of imidazole rings is 1. The summed E-state index contributed by atoms with van der Waals surface area (Å²) in [5.74, 6) is 0. The van der Waals surface area contributed by atoms with Crippen molar-refractivity contribution < 1.29 is 0 Å². The molecule has 0 aliphatic carbocycles. The molecule has 0 bridgehead atoms. The molecule has 2 aromatic heterocycles. The second-order valence-corrected chi connectivity index (χ2v) is 2.42. The van der Waals surface area contributed by atoms with E-state index in [-0.39, 0.29) is 0 Å². The van der Waals surface area contributed by atoms with Crippen LogP contribution in [0.5, 0.6) is 0 Å². The summed E-state index contributed by atoms with van der Waals surface area (Å²) in [6.07, 6.45) is 3.41. The highest BCUT2D eigenvalue weighted by atomic mass is 15.3. The minimum Gasteiger partial charge on any atom is -0.396 e. The van der Waals surface area contributed by atoms with E-state index in [4.69, 9.17) is 5.73 Å². The van der Waals surface area contributed by atoms with Crippen LogP contribution in [-0.4, -0.2) is 14.6 Å². The lowest BCUT2D eigenvalue weighted by Crippen LogP contribution is -1.96. The Hall–Kier alpha value is -1.58. The van der Waals surface area contributed by atoms with E-state index in [2.05, 4.69) is 10.1 Å². The summed E-state index contributed by atoms with van der Waals surface area (Å²) in [5, 5.41) is 4.08. The van der Waals surface area contributed by atoms with Crippen LogP contribution in [0.25, 0.3) is 5.65 Å². The Labute approximate surface area is 77.4 Å². The molecule has 2 aromatic rings. The summed E-state index contributed by atoms with van der Waals surface area (Å²) >= 11 is 0. The summed E-state index contributed by atoms with van der Waals surface area (Å²) in [6, 6.07) is 1.74. The van der Waals surface area contributed by atoms with E-state index in [0.29, 0.717) is 5.69 Å². The van der Waals surface area contributed by atoms with Crippen molar-refractivity contribution in [1.82, 2.24) is 14.6 Å². The molecule has 0 aliphatic rings. The SMILES string of the molecule is CC.Cc1cnc2c(N)ccnn12. The van der Waals surface area contributed by atoms with Gasteiger partial charge in [-0.05, 0) is 13.0 Å². The fourth-order valence-corrected chi connectivity index (χ4v) is 1.03. The van der Waals surface area contributed by atoms with E-state index in [1.807, 2.05) is 20.8 Å². The van der Waals surface area contributed by atoms with Crippen molar-refractivity contribution >= 4 is 11.3 Å². The zero-order valence-corrected chi connectivity index (χ0v) is 8.15. The highest BCUT2D eigenvalue weighted by Crippen LogP contribution is 2.09. The largest absolute Gasteiger partial charge is 0.396 e. The molecule has 0 saturated heterocycles. The van der Waals surface area contributed by atoms with Crippen molar-refractivity contribution in [3.8, 4) is 0 Å². The molecule has 13 heavy (non-hydrogen) atoms. The van der Waals surface area contributed by atoms with Crippen LogP contribution in [0.1, 0.15) is 19.5 Å². The lowest BCUT2D eigenvalue weighted by molar-refractivity contribution is 0.901. The second kappa shape index (κ2) is 3.89. The number of hydrogen-bond donors (Lipinski definition) is 1. The Bertz CT molecular complexity index is 391. The van der Waals surface area contributed by atoms with Crippen molar-refractivity contribution in [3.63, 3.8) is 0 Å². The molecular formula is C9H14N4. The molecule has 2 heterocycles. The van der Waals surface area contributed by atoms with E-state index in [1.54, 1.807) is 23.0 Å². The van der Waals surface area contributed by atoms with E-state index in [0.717, 1.165) is 11.3 Å². The van der Waals surface area contributed by atoms with Crippen LogP contribution >= 0.6 is 0 Å². The van der Waals surface area contributed by atoms with Crippen LogP contribution in [-0.2, 0) is 0 Å². The first-order valence-electron chi connectivity index (χ1n) is 4.34. The highest BCUT2D eigenvalue weighted by molar-refractivity contribution is 5.63. The van der Waals surface area contributed by atoms with E-state index >= 15 is 0 Å². The molecule has 0 atom stereocenters. The Morgan fingerprint density at radius 2 is 2.08 bits per heavy atom. The number of hydrogen-bond acceptors (Lipinski definition) is 3. The first-order chi connectivity index (χ1) is 6.29. The maximum absolute atomic E-state index is 5.65. The monoisotopic (exact) mass is 178 g/mol. The zero-order valence-electron chi connectivity index (χ0n) is 8.15. The Balaban J connectivity index is 0.000000396. The number of nitrogens with two attached hydrogens (primary N) is 1. The Morgan fingerprint density at radius 1 is 1.38 bits per heavy atom. The minimum absolute atomic E-state index is 0.660. The van der Waals surface area contributed by atoms with Crippen LogP contribution in [0, 0.1) is 6.92 Å². The van der Waals surface area contributed by atoms with Crippen LogP contribution in [0.2, 0.25) is 0 Å². The molecule has 0 radical (unpaired) electrons. The molecule has 4 nitrogen and oxygen atoms in total. The van der Waals surface area contributed by atoms with Gasteiger partial charge >= 0.3 is 0 Å². The predicted octanol–water partition coefficient (Wildman–Crippen LogP) is 1.65. The van der Waals surface area contributed by atoms with Gasteiger partial charge in [-0.25, -0.2) is 9.50 Å². The van der Waals surface area contributed by atoms with Gasteiger partial charge in [0.1, 0.15) is 0 Å². The number of anilines is 1. The van der Waals surface area contributed by atoms with Gasteiger partial charge in [-0.15, -0.1) is 0 Å². The van der Waals surface area contributed by atoms with Crippen LogP contribution in [0.3, 0.4) is 0 Å². The summed E-state index contributed by atoms with van der Waals surface area (Å²) in [7, 11) is 0. The third-order valence-corrected chi connectivity index (χ3v) is 1.60. The van der Waals surface area contributed by atoms with Crippen molar-refractivity contribution in [2.45, 2.75) is 20.8 Å². The maximum atomic E-state index is 5.65. The summed E-state index contributed by atoms with van der Waals surface area (Å²) < 4.78 is 1.72. The van der Waals surface area contributed by atoms with Gasteiger partial charge in [-0.2, -0.15) is 5.10 Å². The molecule has 0 fully saturated rings. The second-order valence-electron chi connectivity index (χ2n) is 2.42. The average molecular weight is 178 g/mol. The van der Waals surface area contributed by atoms with Gasteiger partial charge in [0.15, 0.2) is 5.65 Å². The number of nitrogens with zero attached hydrogens (tertiary/aromatic N) is 3. The topological polar surface area (TPSA) is 56.2 Å². The van der Waals surface area contributed by atoms with Gasteiger partial charge in [0.25, 0.3) is 0 Å². The van der Waals surface area contributed by atoms with Crippen molar-refractivity contribution in [2.75, 3.05) is 5.73 Å². The molecule has 4 heteroatoms. The maximum Gasteiger partial charge on any atom is 0.176 e. The number of nitrogen functional groups attached to an aromatic ring is 1. The van der Waals surface area contributed by atoms with E-state index in [9.17, 15) is 0 Å².